The molecule has 40 heavy (non-hydrogen) atoms. The van der Waals surface area contributed by atoms with Crippen LogP contribution in [-0.2, 0) is 9.59 Å². The monoisotopic (exact) mass is 589 g/mol. The van der Waals surface area contributed by atoms with Gasteiger partial charge in [0.2, 0.25) is 5.91 Å². The van der Waals surface area contributed by atoms with E-state index >= 15 is 0 Å². The van der Waals surface area contributed by atoms with Crippen molar-refractivity contribution < 1.29 is 14.4 Å². The molecule has 0 aromatic heterocycles. The molecule has 0 radical (unpaired) electrons. The maximum atomic E-state index is 13.2. The lowest BCUT2D eigenvalue weighted by Gasteiger charge is -2.14. The summed E-state index contributed by atoms with van der Waals surface area (Å²) in [7, 11) is 0. The van der Waals surface area contributed by atoms with Crippen LogP contribution in [0.4, 0.5) is 11.4 Å². The molecule has 1 unspecified atom stereocenters. The second-order valence-corrected chi connectivity index (χ2v) is 11.0. The van der Waals surface area contributed by atoms with E-state index in [1.165, 1.54) is 11.8 Å². The van der Waals surface area contributed by atoms with Crippen LogP contribution >= 0.6 is 35.0 Å². The van der Waals surface area contributed by atoms with E-state index in [2.05, 4.69) is 16.0 Å². The Labute approximate surface area is 246 Å². The Kier molecular flexibility index (Phi) is 10.0. The van der Waals surface area contributed by atoms with Crippen molar-refractivity contribution in [3.8, 4) is 0 Å². The third-order valence-electron chi connectivity index (χ3n) is 5.60. The summed E-state index contributed by atoms with van der Waals surface area (Å²) in [6.07, 6.45) is 1.58. The van der Waals surface area contributed by atoms with Crippen molar-refractivity contribution in [1.29, 1.82) is 0 Å². The number of amides is 3. The predicted molar refractivity (Wildman–Crippen MR) is 164 cm³/mol. The van der Waals surface area contributed by atoms with Gasteiger partial charge < -0.3 is 16.0 Å². The Balaban J connectivity index is 1.42. The van der Waals surface area contributed by atoms with E-state index in [1.54, 1.807) is 91.0 Å². The summed E-state index contributed by atoms with van der Waals surface area (Å²) in [5.74, 6) is -1.06. The van der Waals surface area contributed by atoms with E-state index in [1.807, 2.05) is 25.1 Å². The molecular weight excluding hydrogens is 565 g/mol. The van der Waals surface area contributed by atoms with Crippen molar-refractivity contribution >= 4 is 70.1 Å². The van der Waals surface area contributed by atoms with Gasteiger partial charge >= 0.3 is 0 Å². The summed E-state index contributed by atoms with van der Waals surface area (Å²) in [6, 6.07) is 29.6. The number of carbonyl (C=O) groups excluding carboxylic acids is 3. The quantitative estimate of drug-likeness (QED) is 0.139. The van der Waals surface area contributed by atoms with Crippen LogP contribution in [0.15, 0.2) is 114 Å². The zero-order chi connectivity index (χ0) is 28.5. The van der Waals surface area contributed by atoms with Gasteiger partial charge in [0.25, 0.3) is 11.8 Å². The number of hydrogen-bond donors (Lipinski definition) is 3. The van der Waals surface area contributed by atoms with Gasteiger partial charge in [-0.05, 0) is 85.3 Å². The predicted octanol–water partition coefficient (Wildman–Crippen LogP) is 7.52. The smallest absolute Gasteiger partial charge is 0.272 e. The second-order valence-electron chi connectivity index (χ2n) is 8.67. The van der Waals surface area contributed by atoms with Crippen LogP contribution in [0.25, 0.3) is 6.08 Å². The summed E-state index contributed by atoms with van der Waals surface area (Å²) in [5.41, 5.74) is 2.35. The van der Waals surface area contributed by atoms with Gasteiger partial charge in [0.1, 0.15) is 5.70 Å². The molecule has 4 aromatic rings. The Morgan fingerprint density at radius 1 is 0.750 bits per heavy atom. The van der Waals surface area contributed by atoms with Gasteiger partial charge in [0.15, 0.2) is 0 Å². The standard InChI is InChI=1S/C31H25Cl2N3O3S/c1-20(29(37)35-26-9-5-8-24(33)19-26)40-27-16-14-25(15-17-27)34-31(39)28(18-21-10-12-23(32)13-11-21)36-30(38)22-6-3-2-4-7-22/h2-20H,1H3,(H,34,39)(H,35,37)(H,36,38)/b28-18-. The van der Waals surface area contributed by atoms with Crippen LogP contribution in [0.2, 0.25) is 10.0 Å². The number of carbonyl (C=O) groups is 3. The highest BCUT2D eigenvalue weighted by molar-refractivity contribution is 8.00. The molecule has 0 spiro atoms. The minimum atomic E-state index is -0.492. The van der Waals surface area contributed by atoms with Crippen molar-refractivity contribution in [3.05, 3.63) is 130 Å². The lowest BCUT2D eigenvalue weighted by atomic mass is 10.1. The number of thioether (sulfide) groups is 1. The first-order valence-corrected chi connectivity index (χ1v) is 13.9. The highest BCUT2D eigenvalue weighted by Gasteiger charge is 2.17. The zero-order valence-corrected chi connectivity index (χ0v) is 23.7. The number of rotatable bonds is 9. The molecule has 4 rings (SSSR count). The van der Waals surface area contributed by atoms with Crippen molar-refractivity contribution in [3.63, 3.8) is 0 Å². The van der Waals surface area contributed by atoms with Crippen molar-refractivity contribution in [2.24, 2.45) is 0 Å². The molecule has 4 aromatic carbocycles. The van der Waals surface area contributed by atoms with Crippen LogP contribution in [0.3, 0.4) is 0 Å². The van der Waals surface area contributed by atoms with Gasteiger partial charge in [-0.3, -0.25) is 14.4 Å². The minimum absolute atomic E-state index is 0.0703. The third kappa shape index (κ3) is 8.48. The Morgan fingerprint density at radius 3 is 2.12 bits per heavy atom. The van der Waals surface area contributed by atoms with Crippen LogP contribution < -0.4 is 16.0 Å². The molecule has 0 saturated carbocycles. The number of hydrogen-bond acceptors (Lipinski definition) is 4. The van der Waals surface area contributed by atoms with E-state index in [-0.39, 0.29) is 16.9 Å². The molecule has 3 N–H and O–H groups in total. The highest BCUT2D eigenvalue weighted by Crippen LogP contribution is 2.26. The molecule has 0 fully saturated rings. The molecule has 9 heteroatoms. The number of nitrogens with one attached hydrogen (secondary N) is 3. The van der Waals surface area contributed by atoms with Gasteiger partial charge in [-0.2, -0.15) is 0 Å². The van der Waals surface area contributed by atoms with Crippen molar-refractivity contribution in [2.45, 2.75) is 17.1 Å². The van der Waals surface area contributed by atoms with E-state index < -0.39 is 11.8 Å². The average Bonchev–Trinajstić information content (AvgIpc) is 2.95. The Hall–Kier alpha value is -4.04. The highest BCUT2D eigenvalue weighted by atomic mass is 35.5. The molecule has 0 aliphatic carbocycles. The molecule has 1 atom stereocenters. The van der Waals surface area contributed by atoms with Crippen LogP contribution in [-0.4, -0.2) is 23.0 Å². The van der Waals surface area contributed by atoms with Gasteiger partial charge in [0.05, 0.1) is 5.25 Å². The normalized spacial score (nSPS) is 11.8. The van der Waals surface area contributed by atoms with E-state index in [4.69, 9.17) is 23.2 Å². The molecule has 0 bridgehead atoms. The van der Waals surface area contributed by atoms with Crippen LogP contribution in [0, 0.1) is 0 Å². The first-order valence-electron chi connectivity index (χ1n) is 12.2. The summed E-state index contributed by atoms with van der Waals surface area (Å²) in [6.45, 7) is 1.81. The second kappa shape index (κ2) is 13.8. The first kappa shape index (κ1) is 29.0. The maximum Gasteiger partial charge on any atom is 0.272 e. The van der Waals surface area contributed by atoms with E-state index in [0.29, 0.717) is 32.5 Å². The van der Waals surface area contributed by atoms with Crippen LogP contribution in [0.1, 0.15) is 22.8 Å². The lowest BCUT2D eigenvalue weighted by molar-refractivity contribution is -0.115. The summed E-state index contributed by atoms with van der Waals surface area (Å²) < 4.78 is 0. The number of benzene rings is 4. The summed E-state index contributed by atoms with van der Waals surface area (Å²) in [4.78, 5) is 39.5. The fourth-order valence-corrected chi connectivity index (χ4v) is 4.73. The molecule has 6 nitrogen and oxygen atoms in total. The largest absolute Gasteiger partial charge is 0.325 e. The van der Waals surface area contributed by atoms with E-state index in [9.17, 15) is 14.4 Å². The average molecular weight is 591 g/mol. The fourth-order valence-electron chi connectivity index (χ4n) is 3.55. The van der Waals surface area contributed by atoms with Gasteiger partial charge in [-0.1, -0.05) is 59.6 Å². The molecule has 0 heterocycles. The molecule has 0 aliphatic rings. The molecule has 202 valence electrons. The topological polar surface area (TPSA) is 87.3 Å². The molecule has 0 saturated heterocycles. The lowest BCUT2D eigenvalue weighted by Crippen LogP contribution is -2.30. The van der Waals surface area contributed by atoms with Crippen LogP contribution in [0.5, 0.6) is 0 Å². The Bertz CT molecular complexity index is 1530. The summed E-state index contributed by atoms with van der Waals surface area (Å²) >= 11 is 13.4. The van der Waals surface area contributed by atoms with Gasteiger partial charge in [0, 0.05) is 31.9 Å². The van der Waals surface area contributed by atoms with Crippen molar-refractivity contribution in [1.82, 2.24) is 5.32 Å². The maximum absolute atomic E-state index is 13.2. The Morgan fingerprint density at radius 2 is 1.45 bits per heavy atom. The minimum Gasteiger partial charge on any atom is -0.325 e. The molecular formula is C31H25Cl2N3O3S. The SMILES string of the molecule is CC(Sc1ccc(NC(=O)/C(=C/c2ccc(Cl)cc2)NC(=O)c2ccccc2)cc1)C(=O)Nc1cccc(Cl)c1. The summed E-state index contributed by atoms with van der Waals surface area (Å²) in [5, 5.41) is 9.12. The fraction of sp³-hybridized carbons (Fsp3) is 0.0645. The van der Waals surface area contributed by atoms with Gasteiger partial charge in [-0.15, -0.1) is 11.8 Å². The van der Waals surface area contributed by atoms with E-state index in [0.717, 1.165) is 4.90 Å². The zero-order valence-electron chi connectivity index (χ0n) is 21.4. The van der Waals surface area contributed by atoms with Crippen molar-refractivity contribution in [2.75, 3.05) is 10.6 Å². The third-order valence-corrected chi connectivity index (χ3v) is 7.20. The number of anilines is 2. The molecule has 3 amide bonds. The van der Waals surface area contributed by atoms with Gasteiger partial charge in [-0.25, -0.2) is 0 Å². The number of halogens is 2. The first-order chi connectivity index (χ1) is 19.3. The molecule has 0 aliphatic heterocycles.